The molecule has 4 rings (SSSR count). The largest absolute Gasteiger partial charge is 0.376 e. The van der Waals surface area contributed by atoms with Gasteiger partial charge in [-0.05, 0) is 51.5 Å². The molecule has 1 N–H and O–H groups in total. The molecule has 0 aromatic carbocycles. The van der Waals surface area contributed by atoms with E-state index in [4.69, 9.17) is 4.74 Å². The summed E-state index contributed by atoms with van der Waals surface area (Å²) in [6.45, 7) is 7.23. The smallest absolute Gasteiger partial charge is 0.325 e. The number of urea groups is 1. The molecule has 0 radical (unpaired) electrons. The van der Waals surface area contributed by atoms with Crippen LogP contribution < -0.4 is 5.32 Å². The van der Waals surface area contributed by atoms with E-state index in [0.717, 1.165) is 61.5 Å². The lowest BCUT2D eigenvalue weighted by molar-refractivity contribution is -0.133. The molecular formula is C22H31N3O4. The fraction of sp³-hybridized carbons (Fsp3) is 0.682. The molecule has 29 heavy (non-hydrogen) atoms. The first kappa shape index (κ1) is 20.1. The molecule has 1 aliphatic carbocycles. The zero-order valence-electron chi connectivity index (χ0n) is 17.6. The third kappa shape index (κ3) is 3.39. The molecule has 3 aliphatic rings. The molecule has 2 saturated heterocycles. The first-order valence-electron chi connectivity index (χ1n) is 10.8. The van der Waals surface area contributed by atoms with Crippen LogP contribution in [0.5, 0.6) is 0 Å². The van der Waals surface area contributed by atoms with E-state index in [-0.39, 0.29) is 30.3 Å². The lowest BCUT2D eigenvalue weighted by atomic mass is 9.73. The summed E-state index contributed by atoms with van der Waals surface area (Å²) >= 11 is 0. The zero-order valence-corrected chi connectivity index (χ0v) is 17.6. The summed E-state index contributed by atoms with van der Waals surface area (Å²) in [4.78, 5) is 39.9. The van der Waals surface area contributed by atoms with Crippen LogP contribution in [0.4, 0.5) is 4.79 Å². The quantitative estimate of drug-likeness (QED) is 0.608. The summed E-state index contributed by atoms with van der Waals surface area (Å²) in [7, 11) is 0. The van der Waals surface area contributed by atoms with Crippen LogP contribution in [-0.4, -0.2) is 52.0 Å². The van der Waals surface area contributed by atoms with Gasteiger partial charge in [0.05, 0.1) is 12.6 Å². The molecule has 3 heterocycles. The van der Waals surface area contributed by atoms with Crippen molar-refractivity contribution in [2.45, 2.75) is 77.5 Å². The van der Waals surface area contributed by atoms with E-state index in [0.29, 0.717) is 12.0 Å². The average molecular weight is 402 g/mol. The van der Waals surface area contributed by atoms with Crippen LogP contribution in [0, 0.1) is 19.8 Å². The highest BCUT2D eigenvalue weighted by atomic mass is 16.5. The summed E-state index contributed by atoms with van der Waals surface area (Å²) in [6, 6.07) is 1.43. The number of hydrogen-bond acceptors (Lipinski definition) is 4. The van der Waals surface area contributed by atoms with Gasteiger partial charge >= 0.3 is 6.03 Å². The molecule has 3 atom stereocenters. The fourth-order valence-corrected chi connectivity index (χ4v) is 5.22. The predicted octanol–water partition coefficient (Wildman–Crippen LogP) is 2.97. The van der Waals surface area contributed by atoms with E-state index in [9.17, 15) is 14.4 Å². The maximum Gasteiger partial charge on any atom is 0.325 e. The molecular weight excluding hydrogens is 370 g/mol. The van der Waals surface area contributed by atoms with Gasteiger partial charge in [0.1, 0.15) is 5.54 Å². The number of carbonyl (C=O) groups is 3. The maximum absolute atomic E-state index is 13.1. The van der Waals surface area contributed by atoms with Crippen molar-refractivity contribution in [2.75, 3.05) is 13.2 Å². The SMILES string of the molecule is Cc1cc(C(=O)CN2C(=O)N[C@]3(CCCC[C@H]3C)C2=O)c(C)n1C[C@@H]1CCCO1. The van der Waals surface area contributed by atoms with Crippen LogP contribution in [0.15, 0.2) is 6.07 Å². The van der Waals surface area contributed by atoms with Crippen LogP contribution >= 0.6 is 0 Å². The Labute approximate surface area is 171 Å². The fourth-order valence-electron chi connectivity index (χ4n) is 5.22. The van der Waals surface area contributed by atoms with Crippen molar-refractivity contribution in [3.05, 3.63) is 23.0 Å². The topological polar surface area (TPSA) is 80.6 Å². The Morgan fingerprint density at radius 2 is 2.03 bits per heavy atom. The molecule has 7 nitrogen and oxygen atoms in total. The second kappa shape index (κ2) is 7.59. The molecule has 7 heteroatoms. The van der Waals surface area contributed by atoms with Crippen molar-refractivity contribution < 1.29 is 19.1 Å². The third-order valence-electron chi connectivity index (χ3n) is 7.09. The molecule has 1 aromatic rings. The number of aromatic nitrogens is 1. The molecule has 1 aromatic heterocycles. The van der Waals surface area contributed by atoms with Gasteiger partial charge in [-0.3, -0.25) is 14.5 Å². The lowest BCUT2D eigenvalue weighted by Gasteiger charge is -2.36. The summed E-state index contributed by atoms with van der Waals surface area (Å²) in [5, 5.41) is 2.92. The van der Waals surface area contributed by atoms with E-state index in [1.807, 2.05) is 26.8 Å². The number of carbonyl (C=O) groups excluding carboxylic acids is 3. The number of nitrogens with one attached hydrogen (secondary N) is 1. The number of hydrogen-bond donors (Lipinski definition) is 1. The van der Waals surface area contributed by atoms with Gasteiger partial charge in [0.15, 0.2) is 5.78 Å². The van der Waals surface area contributed by atoms with Gasteiger partial charge in [0.25, 0.3) is 5.91 Å². The molecule has 0 bridgehead atoms. The Kier molecular flexibility index (Phi) is 5.27. The lowest BCUT2D eigenvalue weighted by Crippen LogP contribution is -2.54. The number of rotatable bonds is 5. The Morgan fingerprint density at radius 1 is 1.24 bits per heavy atom. The second-order valence-corrected chi connectivity index (χ2v) is 8.89. The van der Waals surface area contributed by atoms with Crippen LogP contribution in [-0.2, 0) is 16.1 Å². The molecule has 0 unspecified atom stereocenters. The number of imide groups is 1. The highest BCUT2D eigenvalue weighted by molar-refractivity contribution is 6.11. The van der Waals surface area contributed by atoms with Gasteiger partial charge in [0.2, 0.25) is 0 Å². The number of Topliss-reactive ketones (excluding diaryl/α,β-unsaturated/α-hetero) is 1. The van der Waals surface area contributed by atoms with Crippen LogP contribution in [0.3, 0.4) is 0 Å². The van der Waals surface area contributed by atoms with Crippen molar-refractivity contribution in [1.29, 1.82) is 0 Å². The number of ketones is 1. The van der Waals surface area contributed by atoms with Crippen molar-refractivity contribution in [3.8, 4) is 0 Å². The number of nitrogens with zero attached hydrogens (tertiary/aromatic N) is 2. The molecule has 1 spiro atoms. The first-order valence-corrected chi connectivity index (χ1v) is 10.8. The van der Waals surface area contributed by atoms with Crippen molar-refractivity contribution in [3.63, 3.8) is 0 Å². The minimum atomic E-state index is -0.827. The van der Waals surface area contributed by atoms with Gasteiger partial charge in [-0.2, -0.15) is 0 Å². The Bertz CT molecular complexity index is 839. The minimum absolute atomic E-state index is 0.0873. The predicted molar refractivity (Wildman–Crippen MR) is 108 cm³/mol. The number of ether oxygens (including phenoxy) is 1. The second-order valence-electron chi connectivity index (χ2n) is 8.89. The number of amides is 3. The zero-order chi connectivity index (χ0) is 20.8. The van der Waals surface area contributed by atoms with Gasteiger partial charge in [0, 0.05) is 30.1 Å². The average Bonchev–Trinajstić information content (AvgIpc) is 3.36. The summed E-state index contributed by atoms with van der Waals surface area (Å²) in [6.07, 6.45) is 5.84. The molecule has 3 amide bonds. The summed E-state index contributed by atoms with van der Waals surface area (Å²) < 4.78 is 7.85. The Hall–Kier alpha value is -2.15. The number of aryl methyl sites for hydroxylation is 1. The van der Waals surface area contributed by atoms with Gasteiger partial charge in [-0.25, -0.2) is 4.79 Å². The van der Waals surface area contributed by atoms with Crippen LogP contribution in [0.1, 0.15) is 67.2 Å². The van der Waals surface area contributed by atoms with Crippen molar-refractivity contribution >= 4 is 17.7 Å². The highest BCUT2D eigenvalue weighted by Gasteiger charge is 2.55. The van der Waals surface area contributed by atoms with E-state index < -0.39 is 11.6 Å². The molecule has 1 saturated carbocycles. The third-order valence-corrected chi connectivity index (χ3v) is 7.09. The maximum atomic E-state index is 13.1. The summed E-state index contributed by atoms with van der Waals surface area (Å²) in [5.41, 5.74) is 1.62. The Balaban J connectivity index is 1.51. The first-order chi connectivity index (χ1) is 13.8. The summed E-state index contributed by atoms with van der Waals surface area (Å²) in [5.74, 6) is -0.346. The van der Waals surface area contributed by atoms with Gasteiger partial charge in [-0.15, -0.1) is 0 Å². The Morgan fingerprint density at radius 3 is 2.72 bits per heavy atom. The van der Waals surface area contributed by atoms with Crippen molar-refractivity contribution in [2.24, 2.45) is 5.92 Å². The molecule has 2 aliphatic heterocycles. The van der Waals surface area contributed by atoms with Gasteiger partial charge in [-0.1, -0.05) is 19.8 Å². The van der Waals surface area contributed by atoms with Crippen LogP contribution in [0.25, 0.3) is 0 Å². The standard InChI is InChI=1S/C22H31N3O4/c1-14-7-4-5-9-22(14)20(27)25(21(28)23-22)13-19(26)18-11-15(2)24(16(18)3)12-17-8-6-10-29-17/h11,14,17H,4-10,12-13H2,1-3H3,(H,23,28)/t14-,17+,22+/m1/s1. The van der Waals surface area contributed by atoms with Crippen LogP contribution in [0.2, 0.25) is 0 Å². The van der Waals surface area contributed by atoms with E-state index in [1.165, 1.54) is 0 Å². The normalized spacial score (nSPS) is 29.7. The highest BCUT2D eigenvalue weighted by Crippen LogP contribution is 2.38. The molecule has 3 fully saturated rings. The minimum Gasteiger partial charge on any atom is -0.376 e. The van der Waals surface area contributed by atoms with E-state index in [1.54, 1.807) is 0 Å². The van der Waals surface area contributed by atoms with Crippen molar-refractivity contribution in [1.82, 2.24) is 14.8 Å². The van der Waals surface area contributed by atoms with E-state index in [2.05, 4.69) is 9.88 Å². The molecule has 158 valence electrons. The van der Waals surface area contributed by atoms with Gasteiger partial charge < -0.3 is 14.6 Å². The van der Waals surface area contributed by atoms with E-state index >= 15 is 0 Å². The monoisotopic (exact) mass is 401 g/mol.